The predicted octanol–water partition coefficient (Wildman–Crippen LogP) is 4.23. The first-order valence-corrected chi connectivity index (χ1v) is 8.01. The lowest BCUT2D eigenvalue weighted by Crippen LogP contribution is -2.33. The van der Waals surface area contributed by atoms with Crippen molar-refractivity contribution < 1.29 is 18.0 Å². The van der Waals surface area contributed by atoms with Crippen molar-refractivity contribution in [2.75, 3.05) is 0 Å². The molecular weight excluding hydrogens is 315 g/mol. The number of carbonyl (C=O) groups is 1. The minimum absolute atomic E-state index is 0.0747. The summed E-state index contributed by atoms with van der Waals surface area (Å²) < 4.78 is 40.7. The number of benzene rings is 2. The molecular formula is C19H18F3NO. The topological polar surface area (TPSA) is 20.3 Å². The average Bonchev–Trinajstić information content (AvgIpc) is 3.39. The van der Waals surface area contributed by atoms with Crippen molar-refractivity contribution in [3.05, 3.63) is 71.0 Å². The van der Waals surface area contributed by atoms with Gasteiger partial charge < -0.3 is 4.90 Å². The molecule has 5 heteroatoms. The van der Waals surface area contributed by atoms with Crippen molar-refractivity contribution in [3.63, 3.8) is 0 Å². The Kier molecular flexibility index (Phi) is 4.88. The zero-order valence-electron chi connectivity index (χ0n) is 13.1. The van der Waals surface area contributed by atoms with Crippen LogP contribution in [0.2, 0.25) is 0 Å². The van der Waals surface area contributed by atoms with Crippen molar-refractivity contribution in [1.29, 1.82) is 0 Å². The van der Waals surface area contributed by atoms with Gasteiger partial charge in [-0.1, -0.05) is 18.2 Å². The summed E-state index contributed by atoms with van der Waals surface area (Å²) in [5.74, 6) is -1.54. The zero-order chi connectivity index (χ0) is 17.1. The van der Waals surface area contributed by atoms with Gasteiger partial charge in [-0.2, -0.15) is 0 Å². The van der Waals surface area contributed by atoms with Crippen LogP contribution in [0.25, 0.3) is 0 Å². The number of carbonyl (C=O) groups excluding carboxylic acids is 1. The van der Waals surface area contributed by atoms with Crippen LogP contribution in [0.4, 0.5) is 13.2 Å². The van der Waals surface area contributed by atoms with Crippen molar-refractivity contribution in [3.8, 4) is 0 Å². The van der Waals surface area contributed by atoms with E-state index < -0.39 is 11.6 Å². The Bertz CT molecular complexity index is 743. The molecule has 0 saturated heterocycles. The molecule has 0 N–H and O–H groups in total. The molecule has 1 saturated carbocycles. The third-order valence-corrected chi connectivity index (χ3v) is 4.22. The van der Waals surface area contributed by atoms with Crippen LogP contribution in [-0.4, -0.2) is 16.8 Å². The maximum atomic E-state index is 13.8. The molecule has 0 bridgehead atoms. The van der Waals surface area contributed by atoms with Gasteiger partial charge in [0.15, 0.2) is 0 Å². The van der Waals surface area contributed by atoms with Crippen LogP contribution >= 0.6 is 0 Å². The molecule has 0 aromatic heterocycles. The lowest BCUT2D eigenvalue weighted by atomic mass is 10.1. The number of nitrogens with zero attached hydrogens (tertiary/aromatic N) is 1. The van der Waals surface area contributed by atoms with Gasteiger partial charge in [0.2, 0.25) is 5.91 Å². The average molecular weight is 333 g/mol. The van der Waals surface area contributed by atoms with Crippen LogP contribution in [0.15, 0.2) is 42.5 Å². The molecule has 0 radical (unpaired) electrons. The lowest BCUT2D eigenvalue weighted by Gasteiger charge is -2.23. The molecule has 3 rings (SSSR count). The monoisotopic (exact) mass is 333 g/mol. The van der Waals surface area contributed by atoms with Gasteiger partial charge >= 0.3 is 0 Å². The molecule has 0 heterocycles. The van der Waals surface area contributed by atoms with Crippen molar-refractivity contribution in [1.82, 2.24) is 4.90 Å². The highest BCUT2D eigenvalue weighted by Crippen LogP contribution is 2.29. The molecule has 0 aliphatic heterocycles. The van der Waals surface area contributed by atoms with E-state index in [0.717, 1.165) is 31.0 Å². The molecule has 24 heavy (non-hydrogen) atoms. The van der Waals surface area contributed by atoms with E-state index in [9.17, 15) is 18.0 Å². The van der Waals surface area contributed by atoms with Gasteiger partial charge in [0, 0.05) is 24.6 Å². The first-order valence-electron chi connectivity index (χ1n) is 8.01. The number of hydrogen-bond acceptors (Lipinski definition) is 1. The molecule has 126 valence electrons. The Morgan fingerprint density at radius 1 is 1.00 bits per heavy atom. The second kappa shape index (κ2) is 7.07. The molecule has 1 aliphatic rings. The van der Waals surface area contributed by atoms with E-state index in [1.54, 1.807) is 23.1 Å². The molecule has 1 amide bonds. The molecule has 2 aromatic carbocycles. The Balaban J connectivity index is 1.67. The Morgan fingerprint density at radius 3 is 2.42 bits per heavy atom. The highest BCUT2D eigenvalue weighted by atomic mass is 19.1. The van der Waals surface area contributed by atoms with Gasteiger partial charge in [-0.3, -0.25) is 4.79 Å². The fourth-order valence-electron chi connectivity index (χ4n) is 2.74. The predicted molar refractivity (Wildman–Crippen MR) is 84.7 cm³/mol. The minimum atomic E-state index is -0.524. The van der Waals surface area contributed by atoms with E-state index >= 15 is 0 Å². The summed E-state index contributed by atoms with van der Waals surface area (Å²) in [4.78, 5) is 14.1. The second-order valence-corrected chi connectivity index (χ2v) is 6.08. The Labute approximate surface area is 138 Å². The lowest BCUT2D eigenvalue weighted by molar-refractivity contribution is -0.132. The van der Waals surface area contributed by atoms with Crippen LogP contribution in [-0.2, 0) is 17.8 Å². The molecule has 2 nitrogen and oxygen atoms in total. The fraction of sp³-hybridized carbons (Fsp3) is 0.316. The van der Waals surface area contributed by atoms with Crippen LogP contribution < -0.4 is 0 Å². The van der Waals surface area contributed by atoms with Crippen LogP contribution in [0.3, 0.4) is 0 Å². The quantitative estimate of drug-likeness (QED) is 0.775. The van der Waals surface area contributed by atoms with Crippen molar-refractivity contribution in [2.45, 2.75) is 38.3 Å². The van der Waals surface area contributed by atoms with Crippen molar-refractivity contribution >= 4 is 5.91 Å². The summed E-state index contributed by atoms with van der Waals surface area (Å²) in [6.45, 7) is 0.210. The number of rotatable bonds is 6. The summed E-state index contributed by atoms with van der Waals surface area (Å²) in [5.41, 5.74) is 0.652. The smallest absolute Gasteiger partial charge is 0.223 e. The van der Waals surface area contributed by atoms with Gasteiger partial charge in [0.25, 0.3) is 0 Å². The SMILES string of the molecule is O=C(CCc1cc(F)ccc1F)N(Cc1ccccc1F)C1CC1. The van der Waals surface area contributed by atoms with Gasteiger partial charge in [-0.15, -0.1) is 0 Å². The number of amides is 1. The summed E-state index contributed by atoms with van der Waals surface area (Å²) in [6, 6.07) is 9.71. The van der Waals surface area contributed by atoms with Crippen LogP contribution in [0.5, 0.6) is 0 Å². The zero-order valence-corrected chi connectivity index (χ0v) is 13.1. The first-order chi connectivity index (χ1) is 11.5. The summed E-state index contributed by atoms with van der Waals surface area (Å²) in [5, 5.41) is 0. The first kappa shape index (κ1) is 16.6. The summed E-state index contributed by atoms with van der Waals surface area (Å²) in [7, 11) is 0. The highest BCUT2D eigenvalue weighted by molar-refractivity contribution is 5.77. The van der Waals surface area contributed by atoms with E-state index in [1.165, 1.54) is 6.07 Å². The third kappa shape index (κ3) is 3.96. The largest absolute Gasteiger partial charge is 0.335 e. The summed E-state index contributed by atoms with van der Waals surface area (Å²) in [6.07, 6.45) is 2.00. The molecule has 0 atom stereocenters. The molecule has 0 unspecified atom stereocenters. The van der Waals surface area contributed by atoms with E-state index in [-0.39, 0.29) is 42.7 Å². The molecule has 1 fully saturated rings. The Hall–Kier alpha value is -2.30. The van der Waals surface area contributed by atoms with Crippen LogP contribution in [0, 0.1) is 17.5 Å². The van der Waals surface area contributed by atoms with Crippen LogP contribution in [0.1, 0.15) is 30.4 Å². The normalized spacial score (nSPS) is 13.8. The maximum Gasteiger partial charge on any atom is 0.223 e. The Morgan fingerprint density at radius 2 is 1.71 bits per heavy atom. The number of halogens is 3. The van der Waals surface area contributed by atoms with Gasteiger partial charge in [-0.05, 0) is 49.1 Å². The van der Waals surface area contributed by atoms with Crippen molar-refractivity contribution in [2.24, 2.45) is 0 Å². The van der Waals surface area contributed by atoms with E-state index in [2.05, 4.69) is 0 Å². The van der Waals surface area contributed by atoms with Gasteiger partial charge in [0.05, 0.1) is 0 Å². The number of aryl methyl sites for hydroxylation is 1. The van der Waals surface area contributed by atoms with E-state index in [0.29, 0.717) is 5.56 Å². The standard InChI is InChI=1S/C19H18F3NO/c20-15-6-9-18(22)13(11-15)5-10-19(24)23(16-7-8-16)12-14-3-1-2-4-17(14)21/h1-4,6,9,11,16H,5,7-8,10,12H2. The number of hydrogen-bond donors (Lipinski definition) is 0. The molecule has 2 aromatic rings. The third-order valence-electron chi connectivity index (χ3n) is 4.22. The molecule has 1 aliphatic carbocycles. The summed E-state index contributed by atoms with van der Waals surface area (Å²) >= 11 is 0. The van der Waals surface area contributed by atoms with E-state index in [4.69, 9.17) is 0 Å². The van der Waals surface area contributed by atoms with E-state index in [1.807, 2.05) is 0 Å². The highest BCUT2D eigenvalue weighted by Gasteiger charge is 2.32. The molecule has 0 spiro atoms. The van der Waals surface area contributed by atoms with Gasteiger partial charge in [0.1, 0.15) is 17.5 Å². The maximum absolute atomic E-state index is 13.8. The second-order valence-electron chi connectivity index (χ2n) is 6.08. The minimum Gasteiger partial charge on any atom is -0.335 e. The van der Waals surface area contributed by atoms with Gasteiger partial charge in [-0.25, -0.2) is 13.2 Å². The fourth-order valence-corrected chi connectivity index (χ4v) is 2.74.